The van der Waals surface area contributed by atoms with E-state index in [0.717, 1.165) is 30.2 Å². The van der Waals surface area contributed by atoms with Crippen molar-refractivity contribution < 1.29 is 22.3 Å². The first-order valence-electron chi connectivity index (χ1n) is 11.3. The van der Waals surface area contributed by atoms with Gasteiger partial charge in [-0.05, 0) is 41.7 Å². The van der Waals surface area contributed by atoms with Crippen molar-refractivity contribution in [3.63, 3.8) is 0 Å². The minimum absolute atomic E-state index is 0.297. The Bertz CT molecular complexity index is 807. The minimum atomic E-state index is -4.49. The standard InChI is InChI=1S/C25H32F4O/c1-2-3-4-5-18-6-8-19(9-7-18)10-11-20-12-14-22-21(16-20)13-15-23(24(22)26)30-17-25(27,28)29/h12-16,18-19H,2-11,17H2,1H3. The molecule has 0 unspecified atom stereocenters. The molecule has 1 aliphatic rings. The van der Waals surface area contributed by atoms with Gasteiger partial charge in [0.05, 0.1) is 0 Å². The number of rotatable bonds is 9. The summed E-state index contributed by atoms with van der Waals surface area (Å²) in [4.78, 5) is 0. The quantitative estimate of drug-likeness (QED) is 0.291. The number of unbranched alkanes of at least 4 members (excludes halogenated alkanes) is 2. The molecule has 1 nitrogen and oxygen atoms in total. The van der Waals surface area contributed by atoms with Crippen LogP contribution in [0.2, 0.25) is 0 Å². The molecule has 1 aliphatic carbocycles. The number of hydrogen-bond acceptors (Lipinski definition) is 1. The molecule has 0 aromatic heterocycles. The topological polar surface area (TPSA) is 9.23 Å². The van der Waals surface area contributed by atoms with Crippen LogP contribution in [0.15, 0.2) is 30.3 Å². The van der Waals surface area contributed by atoms with Crippen LogP contribution in [-0.4, -0.2) is 12.8 Å². The largest absolute Gasteiger partial charge is 0.481 e. The van der Waals surface area contributed by atoms with Crippen LogP contribution in [0.5, 0.6) is 5.75 Å². The van der Waals surface area contributed by atoms with Crippen LogP contribution < -0.4 is 4.74 Å². The Kier molecular flexibility index (Phi) is 8.01. The van der Waals surface area contributed by atoms with Gasteiger partial charge in [0.15, 0.2) is 18.2 Å². The molecule has 0 atom stereocenters. The molecule has 30 heavy (non-hydrogen) atoms. The first-order valence-corrected chi connectivity index (χ1v) is 11.3. The van der Waals surface area contributed by atoms with Crippen molar-refractivity contribution in [3.8, 4) is 5.75 Å². The normalized spacial score (nSPS) is 19.9. The summed E-state index contributed by atoms with van der Waals surface area (Å²) >= 11 is 0. The van der Waals surface area contributed by atoms with Crippen LogP contribution >= 0.6 is 0 Å². The van der Waals surface area contributed by atoms with Gasteiger partial charge in [-0.3, -0.25) is 0 Å². The first-order chi connectivity index (χ1) is 14.4. The van der Waals surface area contributed by atoms with E-state index in [2.05, 4.69) is 11.7 Å². The van der Waals surface area contributed by atoms with Gasteiger partial charge in [-0.1, -0.05) is 82.6 Å². The van der Waals surface area contributed by atoms with Gasteiger partial charge in [0.1, 0.15) is 0 Å². The third-order valence-corrected chi connectivity index (χ3v) is 6.40. The van der Waals surface area contributed by atoms with Gasteiger partial charge in [-0.15, -0.1) is 0 Å². The predicted molar refractivity (Wildman–Crippen MR) is 113 cm³/mol. The highest BCUT2D eigenvalue weighted by atomic mass is 19.4. The summed E-state index contributed by atoms with van der Waals surface area (Å²) in [6, 6.07) is 8.41. The van der Waals surface area contributed by atoms with Crippen LogP contribution in [0.3, 0.4) is 0 Å². The monoisotopic (exact) mass is 424 g/mol. The van der Waals surface area contributed by atoms with Crippen molar-refractivity contribution in [1.29, 1.82) is 0 Å². The Morgan fingerprint density at radius 3 is 2.30 bits per heavy atom. The van der Waals surface area contributed by atoms with Crippen LogP contribution in [0, 0.1) is 17.7 Å². The van der Waals surface area contributed by atoms with Crippen molar-refractivity contribution >= 4 is 10.8 Å². The maximum Gasteiger partial charge on any atom is 0.422 e. The Hall–Kier alpha value is -1.78. The number of alkyl halides is 3. The lowest BCUT2D eigenvalue weighted by Crippen LogP contribution is -2.19. The van der Waals surface area contributed by atoms with Gasteiger partial charge < -0.3 is 4.74 Å². The summed E-state index contributed by atoms with van der Waals surface area (Å²) in [6.45, 7) is 0.757. The molecule has 5 heteroatoms. The molecule has 3 rings (SSSR count). The van der Waals surface area contributed by atoms with Crippen molar-refractivity contribution in [2.45, 2.75) is 77.3 Å². The average molecular weight is 425 g/mol. The van der Waals surface area contributed by atoms with Gasteiger partial charge in [0, 0.05) is 5.39 Å². The smallest absolute Gasteiger partial charge is 0.422 e. The fraction of sp³-hybridized carbons (Fsp3) is 0.600. The second-order valence-corrected chi connectivity index (χ2v) is 8.76. The van der Waals surface area contributed by atoms with Crippen LogP contribution in [0.1, 0.15) is 70.3 Å². The SMILES string of the molecule is CCCCCC1CCC(CCc2ccc3c(F)c(OCC(F)(F)F)ccc3c2)CC1. The Labute approximate surface area is 176 Å². The molecule has 0 bridgehead atoms. The summed E-state index contributed by atoms with van der Waals surface area (Å²) in [7, 11) is 0. The summed E-state index contributed by atoms with van der Waals surface area (Å²) in [6.07, 6.45) is 8.28. The highest BCUT2D eigenvalue weighted by molar-refractivity contribution is 5.85. The van der Waals surface area contributed by atoms with Gasteiger partial charge in [-0.25, -0.2) is 4.39 Å². The van der Waals surface area contributed by atoms with E-state index in [0.29, 0.717) is 10.8 Å². The molecule has 0 spiro atoms. The maximum absolute atomic E-state index is 14.5. The van der Waals surface area contributed by atoms with E-state index < -0.39 is 18.6 Å². The van der Waals surface area contributed by atoms with E-state index in [-0.39, 0.29) is 5.75 Å². The molecule has 0 N–H and O–H groups in total. The summed E-state index contributed by atoms with van der Waals surface area (Å²) in [5.74, 6) is 0.580. The second-order valence-electron chi connectivity index (χ2n) is 8.76. The van der Waals surface area contributed by atoms with E-state index >= 15 is 0 Å². The van der Waals surface area contributed by atoms with E-state index in [1.54, 1.807) is 12.1 Å². The van der Waals surface area contributed by atoms with E-state index in [4.69, 9.17) is 0 Å². The number of ether oxygens (including phenoxy) is 1. The molecule has 0 saturated heterocycles. The van der Waals surface area contributed by atoms with Gasteiger partial charge in [0.25, 0.3) is 0 Å². The summed E-state index contributed by atoms with van der Waals surface area (Å²) < 4.78 is 56.1. The number of halogens is 4. The second kappa shape index (κ2) is 10.5. The van der Waals surface area contributed by atoms with Gasteiger partial charge in [-0.2, -0.15) is 13.2 Å². The molecule has 1 fully saturated rings. The fourth-order valence-corrected chi connectivity index (χ4v) is 4.61. The molecule has 2 aromatic carbocycles. The van der Waals surface area contributed by atoms with E-state index in [1.807, 2.05) is 12.1 Å². The molecule has 1 saturated carbocycles. The van der Waals surface area contributed by atoms with Crippen molar-refractivity contribution in [2.24, 2.45) is 11.8 Å². The van der Waals surface area contributed by atoms with E-state index in [1.165, 1.54) is 57.4 Å². The lowest BCUT2D eigenvalue weighted by Gasteiger charge is -2.28. The van der Waals surface area contributed by atoms with E-state index in [9.17, 15) is 17.6 Å². The highest BCUT2D eigenvalue weighted by Crippen LogP contribution is 2.35. The summed E-state index contributed by atoms with van der Waals surface area (Å²) in [5.41, 5.74) is 1.15. The number of aryl methyl sites for hydroxylation is 1. The molecule has 0 radical (unpaired) electrons. The molecular weight excluding hydrogens is 392 g/mol. The zero-order valence-electron chi connectivity index (χ0n) is 17.7. The Morgan fingerprint density at radius 2 is 1.63 bits per heavy atom. The minimum Gasteiger partial charge on any atom is -0.481 e. The molecule has 0 aliphatic heterocycles. The zero-order valence-corrected chi connectivity index (χ0v) is 17.7. The molecule has 2 aromatic rings. The number of fused-ring (bicyclic) bond motifs is 1. The van der Waals surface area contributed by atoms with Crippen molar-refractivity contribution in [1.82, 2.24) is 0 Å². The molecular formula is C25H32F4O. The highest BCUT2D eigenvalue weighted by Gasteiger charge is 2.29. The van der Waals surface area contributed by atoms with Gasteiger partial charge >= 0.3 is 6.18 Å². The average Bonchev–Trinajstić information content (AvgIpc) is 2.72. The molecule has 166 valence electrons. The Morgan fingerprint density at radius 1 is 0.933 bits per heavy atom. The molecule has 0 heterocycles. The zero-order chi connectivity index (χ0) is 21.6. The third kappa shape index (κ3) is 6.61. The van der Waals surface area contributed by atoms with Crippen molar-refractivity contribution in [2.75, 3.05) is 6.61 Å². The van der Waals surface area contributed by atoms with Crippen molar-refractivity contribution in [3.05, 3.63) is 41.7 Å². The number of hydrogen-bond donors (Lipinski definition) is 0. The molecule has 0 amide bonds. The lowest BCUT2D eigenvalue weighted by atomic mass is 9.77. The first kappa shape index (κ1) is 22.9. The third-order valence-electron chi connectivity index (χ3n) is 6.40. The predicted octanol–water partition coefficient (Wildman–Crippen LogP) is 8.24. The van der Waals surface area contributed by atoms with Crippen LogP contribution in [0.25, 0.3) is 10.8 Å². The van der Waals surface area contributed by atoms with Gasteiger partial charge in [0.2, 0.25) is 0 Å². The maximum atomic E-state index is 14.5. The van der Waals surface area contributed by atoms with Crippen LogP contribution in [-0.2, 0) is 6.42 Å². The number of benzene rings is 2. The Balaban J connectivity index is 1.53. The lowest BCUT2D eigenvalue weighted by molar-refractivity contribution is -0.153. The fourth-order valence-electron chi connectivity index (χ4n) is 4.61. The summed E-state index contributed by atoms with van der Waals surface area (Å²) in [5, 5.41) is 0.995. The van der Waals surface area contributed by atoms with Crippen LogP contribution in [0.4, 0.5) is 17.6 Å².